The lowest BCUT2D eigenvalue weighted by Crippen LogP contribution is -2.07. The Morgan fingerprint density at radius 1 is 0.906 bits per heavy atom. The van der Waals surface area contributed by atoms with Crippen molar-refractivity contribution in [1.29, 1.82) is 0 Å². The molecule has 0 fully saturated rings. The fraction of sp³-hybridized carbons (Fsp3) is 0.250. The third-order valence-electron chi connectivity index (χ3n) is 5.70. The summed E-state index contributed by atoms with van der Waals surface area (Å²) in [6.45, 7) is 6.20. The molecule has 0 aliphatic carbocycles. The van der Waals surface area contributed by atoms with Crippen molar-refractivity contribution in [2.45, 2.75) is 40.0 Å². The second-order valence-corrected chi connectivity index (χ2v) is 7.72. The number of tetrazole rings is 1. The van der Waals surface area contributed by atoms with E-state index in [0.29, 0.717) is 5.82 Å². The van der Waals surface area contributed by atoms with Crippen LogP contribution in [0.1, 0.15) is 42.3 Å². The number of aromatic amines is 1. The van der Waals surface area contributed by atoms with Gasteiger partial charge in [0.1, 0.15) is 5.82 Å². The minimum absolute atomic E-state index is 0.656. The Balaban J connectivity index is 1.51. The standard InChI is InChI=1S/C24H24N8/c1-4-21-20(24-26-22(5-2)29-32(24)15(3)25-21)14-16-10-12-17(13-11-16)18-8-6-7-9-19(18)23-27-30-31-28-23/h6-13H,4-5,14H2,1-3H3,(H,27,28,30,31). The van der Waals surface area contributed by atoms with Crippen molar-refractivity contribution in [2.75, 3.05) is 0 Å². The lowest BCUT2D eigenvalue weighted by molar-refractivity contribution is 0.801. The molecule has 0 radical (unpaired) electrons. The normalized spacial score (nSPS) is 11.3. The van der Waals surface area contributed by atoms with Gasteiger partial charge in [0.15, 0.2) is 17.3 Å². The van der Waals surface area contributed by atoms with E-state index in [9.17, 15) is 0 Å². The van der Waals surface area contributed by atoms with Crippen LogP contribution in [0.5, 0.6) is 0 Å². The number of H-pyrrole nitrogens is 1. The van der Waals surface area contributed by atoms with Gasteiger partial charge in [-0.3, -0.25) is 0 Å². The van der Waals surface area contributed by atoms with E-state index in [0.717, 1.165) is 64.5 Å². The Morgan fingerprint density at radius 3 is 2.38 bits per heavy atom. The van der Waals surface area contributed by atoms with E-state index >= 15 is 0 Å². The summed E-state index contributed by atoms with van der Waals surface area (Å²) in [5, 5.41) is 19.0. The Labute approximate surface area is 185 Å². The smallest absolute Gasteiger partial charge is 0.180 e. The highest BCUT2D eigenvalue weighted by molar-refractivity contribution is 5.80. The first-order chi connectivity index (χ1) is 15.7. The van der Waals surface area contributed by atoms with Gasteiger partial charge in [0.05, 0.1) is 0 Å². The van der Waals surface area contributed by atoms with Crippen LogP contribution in [0.2, 0.25) is 0 Å². The highest BCUT2D eigenvalue weighted by atomic mass is 15.5. The van der Waals surface area contributed by atoms with Crippen LogP contribution in [-0.2, 0) is 19.3 Å². The zero-order chi connectivity index (χ0) is 22.1. The van der Waals surface area contributed by atoms with E-state index in [4.69, 9.17) is 9.97 Å². The summed E-state index contributed by atoms with van der Waals surface area (Å²) in [5.74, 6) is 2.38. The predicted octanol–water partition coefficient (Wildman–Crippen LogP) is 4.00. The van der Waals surface area contributed by atoms with Crippen LogP contribution in [0.25, 0.3) is 28.2 Å². The van der Waals surface area contributed by atoms with Gasteiger partial charge in [0.2, 0.25) is 0 Å². The van der Waals surface area contributed by atoms with Crippen LogP contribution in [0.4, 0.5) is 0 Å². The molecule has 0 atom stereocenters. The zero-order valence-corrected chi connectivity index (χ0v) is 18.4. The second kappa shape index (κ2) is 8.30. The van der Waals surface area contributed by atoms with Gasteiger partial charge in [0.25, 0.3) is 0 Å². The van der Waals surface area contributed by atoms with Gasteiger partial charge < -0.3 is 0 Å². The molecule has 32 heavy (non-hydrogen) atoms. The summed E-state index contributed by atoms with van der Waals surface area (Å²) in [6, 6.07) is 16.7. The minimum Gasteiger partial charge on any atom is -0.239 e. The fourth-order valence-electron chi connectivity index (χ4n) is 4.06. The molecule has 2 aromatic carbocycles. The lowest BCUT2D eigenvalue weighted by atomic mass is 9.96. The van der Waals surface area contributed by atoms with Gasteiger partial charge in [-0.05, 0) is 40.5 Å². The molecule has 0 saturated heterocycles. The molecular weight excluding hydrogens is 400 g/mol. The number of benzene rings is 2. The summed E-state index contributed by atoms with van der Waals surface area (Å²) in [6.07, 6.45) is 2.42. The second-order valence-electron chi connectivity index (χ2n) is 7.72. The fourth-order valence-corrected chi connectivity index (χ4v) is 4.06. The third kappa shape index (κ3) is 3.53. The molecule has 0 spiro atoms. The van der Waals surface area contributed by atoms with Crippen LogP contribution in [-0.4, -0.2) is 40.2 Å². The topological polar surface area (TPSA) is 97.5 Å². The summed E-state index contributed by atoms with van der Waals surface area (Å²) in [5.41, 5.74) is 7.51. The molecule has 0 aliphatic rings. The van der Waals surface area contributed by atoms with E-state index in [-0.39, 0.29) is 0 Å². The van der Waals surface area contributed by atoms with Crippen molar-refractivity contribution in [3.8, 4) is 22.5 Å². The summed E-state index contributed by atoms with van der Waals surface area (Å²) in [7, 11) is 0. The number of hydrogen-bond acceptors (Lipinski definition) is 6. The Kier molecular flexibility index (Phi) is 5.18. The Morgan fingerprint density at radius 2 is 1.69 bits per heavy atom. The van der Waals surface area contributed by atoms with Crippen molar-refractivity contribution >= 4 is 5.65 Å². The van der Waals surface area contributed by atoms with Crippen LogP contribution >= 0.6 is 0 Å². The molecule has 0 aliphatic heterocycles. The molecule has 3 aromatic heterocycles. The quantitative estimate of drug-likeness (QED) is 0.443. The molecule has 3 heterocycles. The van der Waals surface area contributed by atoms with E-state index in [1.165, 1.54) is 5.56 Å². The molecule has 160 valence electrons. The molecule has 8 nitrogen and oxygen atoms in total. The number of aryl methyl sites for hydroxylation is 3. The highest BCUT2D eigenvalue weighted by Crippen LogP contribution is 2.30. The largest absolute Gasteiger partial charge is 0.239 e. The van der Waals surface area contributed by atoms with Crippen molar-refractivity contribution in [3.05, 3.63) is 77.0 Å². The zero-order valence-electron chi connectivity index (χ0n) is 18.4. The van der Waals surface area contributed by atoms with Gasteiger partial charge in [-0.2, -0.15) is 4.52 Å². The average molecular weight is 425 g/mol. The highest BCUT2D eigenvalue weighted by Gasteiger charge is 2.16. The van der Waals surface area contributed by atoms with E-state index < -0.39 is 0 Å². The third-order valence-corrected chi connectivity index (χ3v) is 5.70. The number of aromatic nitrogens is 8. The molecule has 8 heteroatoms. The molecular formula is C24H24N8. The maximum absolute atomic E-state index is 4.81. The van der Waals surface area contributed by atoms with Crippen LogP contribution < -0.4 is 0 Å². The first-order valence-corrected chi connectivity index (χ1v) is 10.8. The van der Waals surface area contributed by atoms with Crippen molar-refractivity contribution in [1.82, 2.24) is 40.2 Å². The maximum Gasteiger partial charge on any atom is 0.180 e. The Bertz CT molecular complexity index is 1370. The van der Waals surface area contributed by atoms with Crippen LogP contribution in [0.15, 0.2) is 48.5 Å². The van der Waals surface area contributed by atoms with Gasteiger partial charge in [-0.1, -0.05) is 62.4 Å². The van der Waals surface area contributed by atoms with E-state index in [2.05, 4.69) is 69.9 Å². The lowest BCUT2D eigenvalue weighted by Gasteiger charge is -2.12. The van der Waals surface area contributed by atoms with E-state index in [1.54, 1.807) is 0 Å². The molecule has 0 bridgehead atoms. The van der Waals surface area contributed by atoms with Crippen LogP contribution in [0.3, 0.4) is 0 Å². The molecule has 0 unspecified atom stereocenters. The van der Waals surface area contributed by atoms with Gasteiger partial charge in [-0.15, -0.1) is 10.2 Å². The number of fused-ring (bicyclic) bond motifs is 1. The SMILES string of the molecule is CCc1nc2c(Cc3ccc(-c4ccccc4-c4nnn[nH]4)cc3)c(CC)nc(C)n2n1. The molecule has 0 saturated carbocycles. The van der Waals surface area contributed by atoms with E-state index in [1.807, 2.05) is 29.6 Å². The number of rotatable bonds is 6. The van der Waals surface area contributed by atoms with Crippen molar-refractivity contribution in [3.63, 3.8) is 0 Å². The summed E-state index contributed by atoms with van der Waals surface area (Å²) < 4.78 is 1.88. The number of hydrogen-bond donors (Lipinski definition) is 1. The number of nitrogens with zero attached hydrogens (tertiary/aromatic N) is 7. The summed E-state index contributed by atoms with van der Waals surface area (Å²) in [4.78, 5) is 9.60. The van der Waals surface area contributed by atoms with Gasteiger partial charge in [-0.25, -0.2) is 15.1 Å². The molecule has 0 amide bonds. The minimum atomic E-state index is 0.656. The van der Waals surface area contributed by atoms with Crippen LogP contribution in [0, 0.1) is 6.92 Å². The Hall–Kier alpha value is -3.94. The molecule has 1 N–H and O–H groups in total. The first kappa shape index (κ1) is 20.0. The molecule has 5 aromatic rings. The molecule has 5 rings (SSSR count). The van der Waals surface area contributed by atoms with Crippen molar-refractivity contribution in [2.24, 2.45) is 0 Å². The predicted molar refractivity (Wildman–Crippen MR) is 122 cm³/mol. The summed E-state index contributed by atoms with van der Waals surface area (Å²) >= 11 is 0. The van der Waals surface area contributed by atoms with Crippen molar-refractivity contribution < 1.29 is 0 Å². The van der Waals surface area contributed by atoms with Gasteiger partial charge >= 0.3 is 0 Å². The number of nitrogens with one attached hydrogen (secondary N) is 1. The first-order valence-electron chi connectivity index (χ1n) is 10.8. The average Bonchev–Trinajstić information content (AvgIpc) is 3.52. The van der Waals surface area contributed by atoms with Gasteiger partial charge in [0, 0.05) is 29.7 Å². The monoisotopic (exact) mass is 424 g/mol. The maximum atomic E-state index is 4.81.